The summed E-state index contributed by atoms with van der Waals surface area (Å²) in [6, 6.07) is 0. The Morgan fingerprint density at radius 2 is 1.82 bits per heavy atom. The molecule has 0 unspecified atom stereocenters. The molecular formula is C5H11NO4S. The van der Waals surface area contributed by atoms with Gasteiger partial charge >= 0.3 is 5.97 Å². The number of hydrogen-bond donors (Lipinski definition) is 2. The molecule has 0 aliphatic rings. The zero-order valence-electron chi connectivity index (χ0n) is 6.58. The van der Waals surface area contributed by atoms with Gasteiger partial charge in [0.15, 0.2) is 4.75 Å². The van der Waals surface area contributed by atoms with Crippen LogP contribution in [0.4, 0.5) is 0 Å². The van der Waals surface area contributed by atoms with Crippen LogP contribution < -0.4 is 4.72 Å². The van der Waals surface area contributed by atoms with Crippen LogP contribution in [0, 0.1) is 0 Å². The second-order valence-electron chi connectivity index (χ2n) is 2.52. The van der Waals surface area contributed by atoms with Gasteiger partial charge in [-0.3, -0.25) is 4.79 Å². The van der Waals surface area contributed by atoms with Gasteiger partial charge in [-0.05, 0) is 20.9 Å². The van der Waals surface area contributed by atoms with Crippen molar-refractivity contribution in [3.8, 4) is 0 Å². The van der Waals surface area contributed by atoms with Crippen LogP contribution in [0.2, 0.25) is 0 Å². The van der Waals surface area contributed by atoms with Gasteiger partial charge in [0.05, 0.1) is 0 Å². The van der Waals surface area contributed by atoms with Crippen molar-refractivity contribution >= 4 is 16.0 Å². The van der Waals surface area contributed by atoms with Crippen LogP contribution in [0.3, 0.4) is 0 Å². The van der Waals surface area contributed by atoms with Gasteiger partial charge in [0.25, 0.3) is 0 Å². The first kappa shape index (κ1) is 10.4. The van der Waals surface area contributed by atoms with E-state index in [1.807, 2.05) is 4.72 Å². The van der Waals surface area contributed by atoms with E-state index in [4.69, 9.17) is 5.11 Å². The van der Waals surface area contributed by atoms with Crippen LogP contribution in [0.25, 0.3) is 0 Å². The quantitative estimate of drug-likeness (QED) is 0.609. The van der Waals surface area contributed by atoms with Gasteiger partial charge in [-0.25, -0.2) is 13.1 Å². The van der Waals surface area contributed by atoms with Crippen LogP contribution >= 0.6 is 0 Å². The number of aliphatic carboxylic acids is 1. The largest absolute Gasteiger partial charge is 0.480 e. The van der Waals surface area contributed by atoms with Gasteiger partial charge < -0.3 is 5.11 Å². The molecule has 0 aromatic rings. The first-order valence-electron chi connectivity index (χ1n) is 2.92. The molecule has 6 heteroatoms. The molecule has 2 N–H and O–H groups in total. The summed E-state index contributed by atoms with van der Waals surface area (Å²) in [5, 5.41) is 8.49. The molecule has 0 saturated carbocycles. The number of sulfonamides is 1. The van der Waals surface area contributed by atoms with Crippen molar-refractivity contribution in [2.75, 3.05) is 7.05 Å². The van der Waals surface area contributed by atoms with Crippen LogP contribution in [0.5, 0.6) is 0 Å². The highest BCUT2D eigenvalue weighted by molar-refractivity contribution is 7.91. The molecule has 11 heavy (non-hydrogen) atoms. The number of hydrogen-bond acceptors (Lipinski definition) is 3. The van der Waals surface area contributed by atoms with Crippen molar-refractivity contribution in [2.24, 2.45) is 0 Å². The molecule has 0 aromatic carbocycles. The maximum absolute atomic E-state index is 11.0. The minimum Gasteiger partial charge on any atom is -0.480 e. The molecule has 0 fully saturated rings. The minimum absolute atomic E-state index is 1.13. The number of carbonyl (C=O) groups is 1. The predicted molar refractivity (Wildman–Crippen MR) is 39.7 cm³/mol. The third-order valence-corrected chi connectivity index (χ3v) is 3.51. The average Bonchev–Trinajstić information content (AvgIpc) is 1.87. The summed E-state index contributed by atoms with van der Waals surface area (Å²) in [5.74, 6) is -1.37. The topological polar surface area (TPSA) is 83.5 Å². The molecule has 5 nitrogen and oxygen atoms in total. The fourth-order valence-electron chi connectivity index (χ4n) is 0.370. The van der Waals surface area contributed by atoms with Gasteiger partial charge in [0.1, 0.15) is 0 Å². The zero-order chi connectivity index (χ0) is 9.28. The molecule has 0 amide bonds. The molecule has 66 valence electrons. The van der Waals surface area contributed by atoms with Crippen molar-refractivity contribution in [1.82, 2.24) is 4.72 Å². The Morgan fingerprint density at radius 1 is 1.45 bits per heavy atom. The van der Waals surface area contributed by atoms with E-state index in [1.54, 1.807) is 0 Å². The molecular weight excluding hydrogens is 170 g/mol. The lowest BCUT2D eigenvalue weighted by Crippen LogP contribution is -2.46. The Morgan fingerprint density at radius 3 is 1.91 bits per heavy atom. The molecule has 0 aliphatic heterocycles. The van der Waals surface area contributed by atoms with Crippen molar-refractivity contribution < 1.29 is 18.3 Å². The summed E-state index contributed by atoms with van der Waals surface area (Å²) in [6.45, 7) is 2.25. The van der Waals surface area contributed by atoms with Gasteiger partial charge in [-0.2, -0.15) is 0 Å². The lowest BCUT2D eigenvalue weighted by atomic mass is 10.2. The SMILES string of the molecule is CNS(=O)(=O)C(C)(C)C(=O)O. The molecule has 0 rings (SSSR count). The molecule has 0 atom stereocenters. The minimum atomic E-state index is -3.75. The highest BCUT2D eigenvalue weighted by Gasteiger charge is 2.40. The third-order valence-electron chi connectivity index (χ3n) is 1.46. The van der Waals surface area contributed by atoms with E-state index in [2.05, 4.69) is 0 Å². The van der Waals surface area contributed by atoms with Crippen LogP contribution in [0.15, 0.2) is 0 Å². The first-order chi connectivity index (χ1) is 4.75. The second kappa shape index (κ2) is 2.78. The smallest absolute Gasteiger partial charge is 0.325 e. The summed E-state index contributed by atoms with van der Waals surface area (Å²) in [7, 11) is -2.57. The number of carboxylic acid groups (broad SMARTS) is 1. The standard InChI is InChI=1S/C5H11NO4S/c1-5(2,4(7)8)11(9,10)6-3/h6H,1-3H3,(H,7,8). The molecule has 0 aliphatic carbocycles. The van der Waals surface area contributed by atoms with E-state index in [0.29, 0.717) is 0 Å². The molecule has 0 aromatic heterocycles. The summed E-state index contributed by atoms with van der Waals surface area (Å²) >= 11 is 0. The Bertz CT molecular complexity index is 254. The average molecular weight is 181 g/mol. The van der Waals surface area contributed by atoms with Gasteiger partial charge in [0, 0.05) is 0 Å². The highest BCUT2D eigenvalue weighted by Crippen LogP contribution is 2.13. The van der Waals surface area contributed by atoms with E-state index in [-0.39, 0.29) is 0 Å². The Labute approximate surface area is 65.5 Å². The summed E-state index contributed by atoms with van der Waals surface area (Å²) in [6.07, 6.45) is 0. The fraction of sp³-hybridized carbons (Fsp3) is 0.800. The summed E-state index contributed by atoms with van der Waals surface area (Å²) in [5.41, 5.74) is 0. The zero-order valence-corrected chi connectivity index (χ0v) is 7.40. The number of carboxylic acids is 1. The number of rotatable bonds is 3. The van der Waals surface area contributed by atoms with E-state index in [0.717, 1.165) is 13.8 Å². The van der Waals surface area contributed by atoms with Crippen molar-refractivity contribution in [1.29, 1.82) is 0 Å². The molecule has 0 saturated heterocycles. The maximum atomic E-state index is 11.0. The fourth-order valence-corrected chi connectivity index (χ4v) is 1.11. The first-order valence-corrected chi connectivity index (χ1v) is 4.40. The normalized spacial score (nSPS) is 13.0. The van der Waals surface area contributed by atoms with Gasteiger partial charge in [0.2, 0.25) is 10.0 Å². The van der Waals surface area contributed by atoms with Crippen LogP contribution in [0.1, 0.15) is 13.8 Å². The van der Waals surface area contributed by atoms with Gasteiger partial charge in [-0.1, -0.05) is 0 Å². The lowest BCUT2D eigenvalue weighted by molar-refractivity contribution is -0.139. The van der Waals surface area contributed by atoms with Crippen LogP contribution in [-0.2, 0) is 14.8 Å². The highest BCUT2D eigenvalue weighted by atomic mass is 32.2. The molecule has 0 heterocycles. The second-order valence-corrected chi connectivity index (χ2v) is 4.96. The van der Waals surface area contributed by atoms with Crippen molar-refractivity contribution in [3.63, 3.8) is 0 Å². The van der Waals surface area contributed by atoms with Crippen molar-refractivity contribution in [2.45, 2.75) is 18.6 Å². The van der Waals surface area contributed by atoms with E-state index in [1.165, 1.54) is 7.05 Å². The Balaban J connectivity index is 5.01. The van der Waals surface area contributed by atoms with Gasteiger partial charge in [-0.15, -0.1) is 0 Å². The summed E-state index contributed by atoms with van der Waals surface area (Å²) < 4.78 is 22.1. The third kappa shape index (κ3) is 1.69. The Kier molecular flexibility index (Phi) is 2.63. The van der Waals surface area contributed by atoms with Crippen LogP contribution in [-0.4, -0.2) is 31.3 Å². The van der Waals surface area contributed by atoms with E-state index < -0.39 is 20.7 Å². The van der Waals surface area contributed by atoms with E-state index in [9.17, 15) is 13.2 Å². The lowest BCUT2D eigenvalue weighted by Gasteiger charge is -2.17. The molecule has 0 bridgehead atoms. The van der Waals surface area contributed by atoms with E-state index >= 15 is 0 Å². The molecule has 0 radical (unpaired) electrons. The van der Waals surface area contributed by atoms with Crippen molar-refractivity contribution in [3.05, 3.63) is 0 Å². The monoisotopic (exact) mass is 181 g/mol. The predicted octanol–water partition coefficient (Wildman–Crippen LogP) is -0.601. The number of nitrogens with one attached hydrogen (secondary N) is 1. The Hall–Kier alpha value is -0.620. The maximum Gasteiger partial charge on any atom is 0.325 e. The summed E-state index contributed by atoms with van der Waals surface area (Å²) in [4.78, 5) is 10.4. The molecule has 0 spiro atoms.